The molecule has 0 spiro atoms. The van der Waals surface area contributed by atoms with Crippen LogP contribution in [0.5, 0.6) is 0 Å². The topological polar surface area (TPSA) is 52.6 Å². The van der Waals surface area contributed by atoms with Gasteiger partial charge in [0, 0.05) is 12.6 Å². The van der Waals surface area contributed by atoms with E-state index in [4.69, 9.17) is 0 Å². The second-order valence-electron chi connectivity index (χ2n) is 6.10. The molecule has 122 valence electrons. The summed E-state index contributed by atoms with van der Waals surface area (Å²) in [6, 6.07) is 2.80. The quantitative estimate of drug-likeness (QED) is 0.898. The van der Waals surface area contributed by atoms with Gasteiger partial charge in [-0.1, -0.05) is 25.0 Å². The number of nitrogens with zero attached hydrogens (tertiary/aromatic N) is 1. The number of nitrogens with one attached hydrogen (secondary N) is 1. The van der Waals surface area contributed by atoms with E-state index in [2.05, 4.69) is 5.32 Å². The maximum Gasteiger partial charge on any atom is 0.317 e. The summed E-state index contributed by atoms with van der Waals surface area (Å²) < 4.78 is 26.9. The number of benzene rings is 1. The molecule has 0 aromatic heterocycles. The minimum atomic E-state index is -0.952. The van der Waals surface area contributed by atoms with E-state index in [1.807, 2.05) is 0 Å². The zero-order valence-electron chi connectivity index (χ0n) is 12.9. The van der Waals surface area contributed by atoms with Gasteiger partial charge in [0.2, 0.25) is 0 Å². The highest BCUT2D eigenvalue weighted by Gasteiger charge is 2.33. The van der Waals surface area contributed by atoms with Gasteiger partial charge < -0.3 is 15.3 Å². The van der Waals surface area contributed by atoms with Gasteiger partial charge in [0.05, 0.1) is 18.2 Å². The number of carbonyl (C=O) groups excluding carboxylic acids is 1. The van der Waals surface area contributed by atoms with Crippen molar-refractivity contribution in [2.24, 2.45) is 0 Å². The number of rotatable bonds is 4. The van der Waals surface area contributed by atoms with E-state index in [1.54, 1.807) is 14.0 Å². The number of urea groups is 1. The van der Waals surface area contributed by atoms with Crippen LogP contribution < -0.4 is 5.32 Å². The number of hydrogen-bond donors (Lipinski definition) is 2. The number of carbonyl (C=O) groups is 1. The molecule has 0 bridgehead atoms. The van der Waals surface area contributed by atoms with Crippen molar-refractivity contribution in [3.63, 3.8) is 0 Å². The fraction of sp³-hybridized carbons (Fsp3) is 0.562. The second-order valence-corrected chi connectivity index (χ2v) is 6.10. The van der Waals surface area contributed by atoms with Crippen LogP contribution in [-0.4, -0.2) is 35.2 Å². The fourth-order valence-electron chi connectivity index (χ4n) is 2.93. The molecule has 0 saturated heterocycles. The number of likely N-dealkylation sites (N-methyl/N-ethyl adjacent to an activating group) is 1. The molecule has 0 radical (unpaired) electrons. The van der Waals surface area contributed by atoms with E-state index in [9.17, 15) is 18.7 Å². The third kappa shape index (κ3) is 3.74. The summed E-state index contributed by atoms with van der Waals surface area (Å²) in [5, 5.41) is 12.9. The highest BCUT2D eigenvalue weighted by atomic mass is 19.2. The van der Waals surface area contributed by atoms with E-state index < -0.39 is 29.3 Å². The molecule has 1 aliphatic rings. The minimum Gasteiger partial charge on any atom is -0.388 e. The standard InChI is InChI=1S/C16H22F2N2O2/c1-11(12-6-5-7-13(17)14(12)18)19-15(21)20(2)10-16(22)8-3-4-9-16/h5-7,11,22H,3-4,8-10H2,1-2H3,(H,19,21). The Morgan fingerprint density at radius 3 is 2.68 bits per heavy atom. The Morgan fingerprint density at radius 1 is 1.41 bits per heavy atom. The zero-order chi connectivity index (χ0) is 16.3. The van der Waals surface area contributed by atoms with E-state index in [-0.39, 0.29) is 12.1 Å². The SMILES string of the molecule is CC(NC(=O)N(C)CC1(O)CCCC1)c1cccc(F)c1F. The highest BCUT2D eigenvalue weighted by Crippen LogP contribution is 2.30. The predicted molar refractivity (Wildman–Crippen MR) is 79.4 cm³/mol. The molecule has 1 aromatic carbocycles. The first-order chi connectivity index (χ1) is 10.3. The summed E-state index contributed by atoms with van der Waals surface area (Å²) in [6.07, 6.45) is 3.27. The zero-order valence-corrected chi connectivity index (χ0v) is 12.9. The Labute approximate surface area is 129 Å². The van der Waals surface area contributed by atoms with Gasteiger partial charge in [-0.25, -0.2) is 13.6 Å². The molecule has 1 atom stereocenters. The molecule has 2 N–H and O–H groups in total. The van der Waals surface area contributed by atoms with Crippen LogP contribution >= 0.6 is 0 Å². The van der Waals surface area contributed by atoms with Gasteiger partial charge in [0.25, 0.3) is 0 Å². The third-order valence-electron chi connectivity index (χ3n) is 4.20. The Kier molecular flexibility index (Phi) is 5.01. The summed E-state index contributed by atoms with van der Waals surface area (Å²) in [7, 11) is 1.58. The molecule has 1 aliphatic carbocycles. The van der Waals surface area contributed by atoms with Crippen LogP contribution in [-0.2, 0) is 0 Å². The average Bonchev–Trinajstić information content (AvgIpc) is 2.88. The molecule has 1 saturated carbocycles. The molecule has 4 nitrogen and oxygen atoms in total. The van der Waals surface area contributed by atoms with Gasteiger partial charge >= 0.3 is 6.03 Å². The van der Waals surface area contributed by atoms with Crippen molar-refractivity contribution in [1.82, 2.24) is 10.2 Å². The number of hydrogen-bond acceptors (Lipinski definition) is 2. The van der Waals surface area contributed by atoms with E-state index in [0.717, 1.165) is 18.9 Å². The van der Waals surface area contributed by atoms with Crippen molar-refractivity contribution < 1.29 is 18.7 Å². The molecule has 2 rings (SSSR count). The van der Waals surface area contributed by atoms with Gasteiger partial charge in [-0.05, 0) is 25.8 Å². The van der Waals surface area contributed by atoms with Crippen LogP contribution in [0.15, 0.2) is 18.2 Å². The molecule has 22 heavy (non-hydrogen) atoms. The van der Waals surface area contributed by atoms with Crippen molar-refractivity contribution in [2.45, 2.75) is 44.2 Å². The Morgan fingerprint density at radius 2 is 2.05 bits per heavy atom. The monoisotopic (exact) mass is 312 g/mol. The maximum absolute atomic E-state index is 13.7. The third-order valence-corrected chi connectivity index (χ3v) is 4.20. The molecule has 0 heterocycles. The van der Waals surface area contributed by atoms with Crippen molar-refractivity contribution >= 4 is 6.03 Å². The Bertz CT molecular complexity index is 545. The molecule has 1 unspecified atom stereocenters. The summed E-state index contributed by atoms with van der Waals surface area (Å²) >= 11 is 0. The van der Waals surface area contributed by atoms with Gasteiger partial charge in [0.1, 0.15) is 0 Å². The van der Waals surface area contributed by atoms with Gasteiger partial charge in [0.15, 0.2) is 11.6 Å². The average molecular weight is 312 g/mol. The first-order valence-electron chi connectivity index (χ1n) is 7.50. The lowest BCUT2D eigenvalue weighted by molar-refractivity contribution is 0.0245. The first kappa shape index (κ1) is 16.7. The van der Waals surface area contributed by atoms with Crippen LogP contribution in [0.25, 0.3) is 0 Å². The second kappa shape index (κ2) is 6.60. The predicted octanol–water partition coefficient (Wildman–Crippen LogP) is 2.97. The van der Waals surface area contributed by atoms with Crippen LogP contribution in [0.3, 0.4) is 0 Å². The normalized spacial score (nSPS) is 18.0. The van der Waals surface area contributed by atoms with Gasteiger partial charge in [-0.3, -0.25) is 0 Å². The van der Waals surface area contributed by atoms with Crippen molar-refractivity contribution in [2.75, 3.05) is 13.6 Å². The van der Waals surface area contributed by atoms with Crippen LogP contribution in [0.2, 0.25) is 0 Å². The highest BCUT2D eigenvalue weighted by molar-refractivity contribution is 5.74. The lowest BCUT2D eigenvalue weighted by atomic mass is 10.0. The molecule has 6 heteroatoms. The Hall–Kier alpha value is -1.69. The lowest BCUT2D eigenvalue weighted by Gasteiger charge is -2.29. The lowest BCUT2D eigenvalue weighted by Crippen LogP contribution is -2.46. The smallest absolute Gasteiger partial charge is 0.317 e. The summed E-state index contributed by atoms with van der Waals surface area (Å²) in [5.41, 5.74) is -0.735. The van der Waals surface area contributed by atoms with E-state index in [0.29, 0.717) is 12.8 Å². The summed E-state index contributed by atoms with van der Waals surface area (Å²) in [5.74, 6) is -1.89. The maximum atomic E-state index is 13.7. The van der Waals surface area contributed by atoms with Crippen LogP contribution in [0, 0.1) is 11.6 Å². The van der Waals surface area contributed by atoms with Crippen molar-refractivity contribution in [3.8, 4) is 0 Å². The van der Waals surface area contributed by atoms with E-state index in [1.165, 1.54) is 17.0 Å². The Balaban J connectivity index is 1.97. The van der Waals surface area contributed by atoms with Crippen LogP contribution in [0.4, 0.5) is 13.6 Å². The first-order valence-corrected chi connectivity index (χ1v) is 7.50. The molecule has 1 aromatic rings. The van der Waals surface area contributed by atoms with Crippen molar-refractivity contribution in [3.05, 3.63) is 35.4 Å². The molecular weight excluding hydrogens is 290 g/mol. The van der Waals surface area contributed by atoms with Gasteiger partial charge in [-0.2, -0.15) is 0 Å². The van der Waals surface area contributed by atoms with Crippen LogP contribution in [0.1, 0.15) is 44.2 Å². The van der Waals surface area contributed by atoms with Gasteiger partial charge in [-0.15, -0.1) is 0 Å². The number of amides is 2. The molecule has 0 aliphatic heterocycles. The molecule has 1 fully saturated rings. The summed E-state index contributed by atoms with van der Waals surface area (Å²) in [4.78, 5) is 13.5. The minimum absolute atomic E-state index is 0.0985. The molecular formula is C16H22F2N2O2. The van der Waals surface area contributed by atoms with E-state index >= 15 is 0 Å². The molecule has 2 amide bonds. The number of halogens is 2. The largest absolute Gasteiger partial charge is 0.388 e. The van der Waals surface area contributed by atoms with Crippen molar-refractivity contribution in [1.29, 1.82) is 0 Å². The summed E-state index contributed by atoms with van der Waals surface area (Å²) in [6.45, 7) is 1.82. The number of aliphatic hydroxyl groups is 1. The fourth-order valence-corrected chi connectivity index (χ4v) is 2.93.